The van der Waals surface area contributed by atoms with Crippen LogP contribution in [0, 0.1) is 0 Å². The van der Waals surface area contributed by atoms with Gasteiger partial charge in [-0.05, 0) is 22.4 Å². The third-order valence-corrected chi connectivity index (χ3v) is 2.28. The van der Waals surface area contributed by atoms with Gasteiger partial charge in [-0.15, -0.1) is 4.99 Å². The Kier molecular flexibility index (Phi) is 2.98. The lowest BCUT2D eigenvalue weighted by Gasteiger charge is -2.11. The summed E-state index contributed by atoms with van der Waals surface area (Å²) in [6.07, 6.45) is 1.41. The predicted octanol–water partition coefficient (Wildman–Crippen LogP) is 1.77. The molecule has 0 N–H and O–H groups in total. The molecule has 6 nitrogen and oxygen atoms in total. The zero-order valence-electron chi connectivity index (χ0n) is 9.41. The lowest BCUT2D eigenvalue weighted by atomic mass is 10.1. The van der Waals surface area contributed by atoms with E-state index in [1.54, 1.807) is 0 Å². The van der Waals surface area contributed by atoms with Crippen LogP contribution in [-0.2, 0) is 4.79 Å². The minimum absolute atomic E-state index is 0.137. The van der Waals surface area contributed by atoms with Gasteiger partial charge < -0.3 is 4.90 Å². The lowest BCUT2D eigenvalue weighted by molar-refractivity contribution is 0.309. The summed E-state index contributed by atoms with van der Waals surface area (Å²) in [5.41, 5.74) is 2.27. The fraction of sp³-hybridized carbons (Fsp3) is 0.182. The van der Waals surface area contributed by atoms with Gasteiger partial charge in [-0.25, -0.2) is 9.42 Å². The van der Waals surface area contributed by atoms with E-state index in [1.807, 2.05) is 43.3 Å². The molecule has 0 saturated heterocycles. The van der Waals surface area contributed by atoms with Crippen molar-refractivity contribution in [3.63, 3.8) is 0 Å². The molecule has 86 valence electrons. The van der Waals surface area contributed by atoms with Gasteiger partial charge in [-0.2, -0.15) is 0 Å². The summed E-state index contributed by atoms with van der Waals surface area (Å²) in [7, 11) is 3.91. The molecule has 0 unspecified atom stereocenters. The van der Waals surface area contributed by atoms with Crippen molar-refractivity contribution >= 4 is 17.6 Å². The molecule has 0 atom stereocenters. The lowest BCUT2D eigenvalue weighted by Crippen LogP contribution is -2.07. The first-order valence-electron chi connectivity index (χ1n) is 4.90. The van der Waals surface area contributed by atoms with Crippen molar-refractivity contribution in [2.75, 3.05) is 19.0 Å². The number of carbonyl (C=O) groups excluding carboxylic acids is 1. The van der Waals surface area contributed by atoms with Crippen LogP contribution in [0.25, 0.3) is 11.3 Å². The highest BCUT2D eigenvalue weighted by Crippen LogP contribution is 2.27. The summed E-state index contributed by atoms with van der Waals surface area (Å²) < 4.78 is 4.55. The molecule has 1 aromatic carbocycles. The van der Waals surface area contributed by atoms with Crippen LogP contribution < -0.4 is 4.90 Å². The molecule has 0 aliphatic rings. The van der Waals surface area contributed by atoms with E-state index in [2.05, 4.69) is 19.9 Å². The molecule has 1 aromatic heterocycles. The molecular weight excluding hydrogens is 220 g/mol. The quantitative estimate of drug-likeness (QED) is 0.593. The van der Waals surface area contributed by atoms with Crippen molar-refractivity contribution in [1.82, 2.24) is 10.3 Å². The molecule has 0 spiro atoms. The number of benzene rings is 1. The fourth-order valence-electron chi connectivity index (χ4n) is 1.40. The van der Waals surface area contributed by atoms with Gasteiger partial charge in [0.05, 0.1) is 0 Å². The Hall–Kier alpha value is -2.46. The molecule has 0 aliphatic carbocycles. The summed E-state index contributed by atoms with van der Waals surface area (Å²) in [6, 6.07) is 7.58. The summed E-state index contributed by atoms with van der Waals surface area (Å²) in [5, 5.41) is 7.22. The van der Waals surface area contributed by atoms with E-state index in [0.29, 0.717) is 5.69 Å². The molecule has 0 radical (unpaired) electrons. The number of isocyanates is 1. The summed E-state index contributed by atoms with van der Waals surface area (Å²) in [5.74, 6) is 0.137. The average molecular weight is 230 g/mol. The average Bonchev–Trinajstić information content (AvgIpc) is 2.78. The van der Waals surface area contributed by atoms with Crippen LogP contribution in [0.3, 0.4) is 0 Å². The number of aromatic nitrogens is 2. The van der Waals surface area contributed by atoms with Crippen LogP contribution in [0.2, 0.25) is 0 Å². The normalized spacial score (nSPS) is 9.76. The second kappa shape index (κ2) is 4.59. The minimum Gasteiger partial charge on any atom is -0.378 e. The van der Waals surface area contributed by atoms with Crippen molar-refractivity contribution in [2.24, 2.45) is 4.99 Å². The molecule has 0 amide bonds. The summed E-state index contributed by atoms with van der Waals surface area (Å²) >= 11 is 0. The van der Waals surface area contributed by atoms with E-state index >= 15 is 0 Å². The molecule has 2 rings (SSSR count). The second-order valence-electron chi connectivity index (χ2n) is 3.58. The third-order valence-electron chi connectivity index (χ3n) is 2.28. The van der Waals surface area contributed by atoms with Gasteiger partial charge in [-0.3, -0.25) is 0 Å². The van der Waals surface area contributed by atoms with Crippen molar-refractivity contribution in [3.05, 3.63) is 24.3 Å². The van der Waals surface area contributed by atoms with Crippen molar-refractivity contribution in [2.45, 2.75) is 0 Å². The van der Waals surface area contributed by atoms with Crippen LogP contribution in [0.4, 0.5) is 11.5 Å². The SMILES string of the molecule is CN(C)c1ccc(-c2nonc2N=C=O)cc1. The maximum atomic E-state index is 10.2. The molecule has 6 heteroatoms. The highest BCUT2D eigenvalue weighted by atomic mass is 16.6. The van der Waals surface area contributed by atoms with Crippen LogP contribution in [0.5, 0.6) is 0 Å². The van der Waals surface area contributed by atoms with E-state index in [4.69, 9.17) is 0 Å². The molecule has 2 aromatic rings. The first-order chi connectivity index (χ1) is 8.22. The van der Waals surface area contributed by atoms with Crippen LogP contribution >= 0.6 is 0 Å². The maximum Gasteiger partial charge on any atom is 0.242 e. The van der Waals surface area contributed by atoms with Crippen LogP contribution in [-0.4, -0.2) is 30.5 Å². The fourth-order valence-corrected chi connectivity index (χ4v) is 1.40. The Labute approximate surface area is 97.5 Å². The first-order valence-corrected chi connectivity index (χ1v) is 4.90. The Bertz CT molecular complexity index is 553. The zero-order valence-corrected chi connectivity index (χ0v) is 9.41. The van der Waals surface area contributed by atoms with E-state index in [0.717, 1.165) is 11.3 Å². The second-order valence-corrected chi connectivity index (χ2v) is 3.58. The largest absolute Gasteiger partial charge is 0.378 e. The van der Waals surface area contributed by atoms with Gasteiger partial charge in [0.1, 0.15) is 0 Å². The van der Waals surface area contributed by atoms with Gasteiger partial charge >= 0.3 is 0 Å². The summed E-state index contributed by atoms with van der Waals surface area (Å²) in [6.45, 7) is 0. The van der Waals surface area contributed by atoms with Crippen LogP contribution in [0.15, 0.2) is 33.9 Å². The number of anilines is 1. The molecule has 0 aliphatic heterocycles. The van der Waals surface area contributed by atoms with E-state index < -0.39 is 0 Å². The van der Waals surface area contributed by atoms with E-state index in [9.17, 15) is 4.79 Å². The Morgan fingerprint density at radius 2 is 1.94 bits per heavy atom. The molecule has 1 heterocycles. The van der Waals surface area contributed by atoms with Gasteiger partial charge in [0.2, 0.25) is 11.9 Å². The molecular formula is C11H10N4O2. The van der Waals surface area contributed by atoms with Crippen molar-refractivity contribution in [3.8, 4) is 11.3 Å². The number of aliphatic imine (C=N–C) groups is 1. The highest BCUT2D eigenvalue weighted by molar-refractivity contribution is 5.71. The Morgan fingerprint density at radius 1 is 1.24 bits per heavy atom. The van der Waals surface area contributed by atoms with Crippen LogP contribution in [0.1, 0.15) is 0 Å². The Morgan fingerprint density at radius 3 is 2.53 bits per heavy atom. The van der Waals surface area contributed by atoms with Gasteiger partial charge in [-0.1, -0.05) is 12.1 Å². The number of rotatable bonds is 3. The first kappa shape index (κ1) is 11.0. The number of nitrogens with zero attached hydrogens (tertiary/aromatic N) is 4. The number of hydrogen-bond acceptors (Lipinski definition) is 6. The molecule has 0 saturated carbocycles. The number of hydrogen-bond donors (Lipinski definition) is 0. The highest BCUT2D eigenvalue weighted by Gasteiger charge is 2.11. The molecule has 17 heavy (non-hydrogen) atoms. The van der Waals surface area contributed by atoms with E-state index in [-0.39, 0.29) is 5.82 Å². The summed E-state index contributed by atoms with van der Waals surface area (Å²) in [4.78, 5) is 15.6. The Balaban J connectivity index is 2.39. The third kappa shape index (κ3) is 2.21. The van der Waals surface area contributed by atoms with Crippen molar-refractivity contribution < 1.29 is 9.42 Å². The smallest absolute Gasteiger partial charge is 0.242 e. The van der Waals surface area contributed by atoms with Gasteiger partial charge in [0.25, 0.3) is 0 Å². The molecule has 0 fully saturated rings. The standard InChI is InChI=1S/C11H10N4O2/c1-15(2)9-5-3-8(4-6-9)10-11(12-7-16)14-17-13-10/h3-6H,1-2H3. The zero-order chi connectivity index (χ0) is 12.3. The minimum atomic E-state index is 0.137. The monoisotopic (exact) mass is 230 g/mol. The van der Waals surface area contributed by atoms with Gasteiger partial charge in [0.15, 0.2) is 5.69 Å². The molecule has 0 bridgehead atoms. The van der Waals surface area contributed by atoms with E-state index in [1.165, 1.54) is 6.08 Å². The van der Waals surface area contributed by atoms with Crippen molar-refractivity contribution in [1.29, 1.82) is 0 Å². The van der Waals surface area contributed by atoms with Gasteiger partial charge in [0, 0.05) is 25.3 Å². The topological polar surface area (TPSA) is 71.6 Å². The predicted molar refractivity (Wildman–Crippen MR) is 61.8 cm³/mol. The maximum absolute atomic E-state index is 10.2.